The van der Waals surface area contributed by atoms with Crippen LogP contribution in [0.15, 0.2) is 22.7 Å². The average molecular weight is 312 g/mol. The van der Waals surface area contributed by atoms with Gasteiger partial charge in [0, 0.05) is 16.1 Å². The second-order valence-corrected chi connectivity index (χ2v) is 5.75. The topological polar surface area (TPSA) is 49.3 Å². The van der Waals surface area contributed by atoms with Gasteiger partial charge in [0.15, 0.2) is 0 Å². The van der Waals surface area contributed by atoms with Crippen molar-refractivity contribution < 1.29 is 9.90 Å². The number of halogens is 1. The smallest absolute Gasteiger partial charge is 0.251 e. The largest absolute Gasteiger partial charge is 0.393 e. The summed E-state index contributed by atoms with van der Waals surface area (Å²) in [5, 5.41) is 12.5. The van der Waals surface area contributed by atoms with Gasteiger partial charge in [-0.05, 0) is 50.3 Å². The van der Waals surface area contributed by atoms with Crippen molar-refractivity contribution in [3.8, 4) is 0 Å². The third-order valence-electron chi connectivity index (χ3n) is 3.54. The molecule has 1 saturated carbocycles. The zero-order chi connectivity index (χ0) is 13.1. The van der Waals surface area contributed by atoms with Crippen LogP contribution in [0, 0.1) is 6.92 Å². The summed E-state index contributed by atoms with van der Waals surface area (Å²) in [5.41, 5.74) is 1.68. The number of nitrogens with one attached hydrogen (secondary N) is 1. The normalized spacial score (nSPS) is 23.7. The lowest BCUT2D eigenvalue weighted by Crippen LogP contribution is -2.38. The van der Waals surface area contributed by atoms with Crippen molar-refractivity contribution in [2.24, 2.45) is 0 Å². The molecule has 0 radical (unpaired) electrons. The van der Waals surface area contributed by atoms with Crippen LogP contribution in [-0.2, 0) is 0 Å². The first-order valence-corrected chi connectivity index (χ1v) is 7.11. The molecule has 1 aromatic carbocycles. The van der Waals surface area contributed by atoms with Crippen molar-refractivity contribution in [3.63, 3.8) is 0 Å². The number of carbonyl (C=O) groups is 1. The second-order valence-electron chi connectivity index (χ2n) is 4.89. The van der Waals surface area contributed by atoms with E-state index < -0.39 is 0 Å². The van der Waals surface area contributed by atoms with Gasteiger partial charge in [0.05, 0.1) is 6.10 Å². The molecule has 3 nitrogen and oxygen atoms in total. The third-order valence-corrected chi connectivity index (χ3v) is 4.40. The number of amides is 1. The summed E-state index contributed by atoms with van der Waals surface area (Å²) in [7, 11) is 0. The standard InChI is InChI=1S/C14H18BrNO2/c1-9-12(3-2-4-13(9)15)14(18)16-10-5-7-11(17)8-6-10/h2-4,10-11,17H,5-8H2,1H3,(H,16,18). The first kappa shape index (κ1) is 13.6. The molecule has 0 spiro atoms. The fourth-order valence-electron chi connectivity index (χ4n) is 2.34. The first-order chi connectivity index (χ1) is 8.58. The molecule has 0 atom stereocenters. The lowest BCUT2D eigenvalue weighted by atomic mass is 9.93. The molecule has 98 valence electrons. The van der Waals surface area contributed by atoms with Crippen molar-refractivity contribution in [3.05, 3.63) is 33.8 Å². The number of aliphatic hydroxyl groups excluding tert-OH is 1. The van der Waals surface area contributed by atoms with Crippen molar-refractivity contribution in [2.45, 2.75) is 44.8 Å². The Kier molecular flexibility index (Phi) is 4.40. The molecule has 4 heteroatoms. The molecule has 1 amide bonds. The number of benzene rings is 1. The number of hydrogen-bond donors (Lipinski definition) is 2. The van der Waals surface area contributed by atoms with E-state index in [4.69, 9.17) is 0 Å². The zero-order valence-corrected chi connectivity index (χ0v) is 12.0. The van der Waals surface area contributed by atoms with Gasteiger partial charge in [0.1, 0.15) is 0 Å². The van der Waals surface area contributed by atoms with Crippen LogP contribution in [0.25, 0.3) is 0 Å². The quantitative estimate of drug-likeness (QED) is 0.882. The summed E-state index contributed by atoms with van der Waals surface area (Å²) in [4.78, 5) is 12.2. The maximum Gasteiger partial charge on any atom is 0.251 e. The average Bonchev–Trinajstić information content (AvgIpc) is 2.35. The number of aliphatic hydroxyl groups is 1. The summed E-state index contributed by atoms with van der Waals surface area (Å²) < 4.78 is 0.953. The van der Waals surface area contributed by atoms with Gasteiger partial charge in [-0.15, -0.1) is 0 Å². The maximum absolute atomic E-state index is 12.2. The molecule has 1 aromatic rings. The summed E-state index contributed by atoms with van der Waals surface area (Å²) in [6.45, 7) is 1.93. The van der Waals surface area contributed by atoms with E-state index in [1.165, 1.54) is 0 Å². The predicted octanol–water partition coefficient (Wildman–Crippen LogP) is 2.79. The second kappa shape index (κ2) is 5.85. The first-order valence-electron chi connectivity index (χ1n) is 6.32. The van der Waals surface area contributed by atoms with Crippen LogP contribution in [-0.4, -0.2) is 23.2 Å². The Bertz CT molecular complexity index is 439. The minimum Gasteiger partial charge on any atom is -0.393 e. The summed E-state index contributed by atoms with van der Waals surface area (Å²) >= 11 is 3.43. The molecule has 0 saturated heterocycles. The van der Waals surface area contributed by atoms with Crippen LogP contribution in [0.3, 0.4) is 0 Å². The molecule has 0 bridgehead atoms. The van der Waals surface area contributed by atoms with Crippen molar-refractivity contribution in [2.75, 3.05) is 0 Å². The Hall–Kier alpha value is -0.870. The van der Waals surface area contributed by atoms with Gasteiger partial charge in [0.2, 0.25) is 0 Å². The van der Waals surface area contributed by atoms with E-state index in [1.807, 2.05) is 25.1 Å². The molecule has 2 rings (SSSR count). The van der Waals surface area contributed by atoms with Crippen LogP contribution in [0.2, 0.25) is 0 Å². The Labute approximate surface area is 116 Å². The van der Waals surface area contributed by atoms with Crippen LogP contribution < -0.4 is 5.32 Å². The molecule has 1 aliphatic rings. The molecular formula is C14H18BrNO2. The molecule has 2 N–H and O–H groups in total. The lowest BCUT2D eigenvalue weighted by Gasteiger charge is -2.26. The van der Waals surface area contributed by atoms with Gasteiger partial charge in [-0.1, -0.05) is 22.0 Å². The predicted molar refractivity (Wildman–Crippen MR) is 74.6 cm³/mol. The van der Waals surface area contributed by atoms with Gasteiger partial charge >= 0.3 is 0 Å². The van der Waals surface area contributed by atoms with Crippen LogP contribution in [0.5, 0.6) is 0 Å². The van der Waals surface area contributed by atoms with Crippen molar-refractivity contribution in [1.82, 2.24) is 5.32 Å². The van der Waals surface area contributed by atoms with Gasteiger partial charge < -0.3 is 10.4 Å². The monoisotopic (exact) mass is 311 g/mol. The highest BCUT2D eigenvalue weighted by atomic mass is 79.9. The number of hydrogen-bond acceptors (Lipinski definition) is 2. The molecule has 0 aliphatic heterocycles. The van der Waals surface area contributed by atoms with Crippen LogP contribution >= 0.6 is 15.9 Å². The molecule has 1 aliphatic carbocycles. The Morgan fingerprint density at radius 2 is 2.00 bits per heavy atom. The van der Waals surface area contributed by atoms with Crippen LogP contribution in [0.1, 0.15) is 41.6 Å². The highest BCUT2D eigenvalue weighted by Crippen LogP contribution is 2.21. The fraction of sp³-hybridized carbons (Fsp3) is 0.500. The third kappa shape index (κ3) is 3.12. The zero-order valence-electron chi connectivity index (χ0n) is 10.4. The Balaban J connectivity index is 2.01. The lowest BCUT2D eigenvalue weighted by molar-refractivity contribution is 0.0867. The van der Waals surface area contributed by atoms with Crippen molar-refractivity contribution >= 4 is 21.8 Å². The molecule has 0 aromatic heterocycles. The van der Waals surface area contributed by atoms with E-state index in [0.717, 1.165) is 41.3 Å². The summed E-state index contributed by atoms with van der Waals surface area (Å²) in [6.07, 6.45) is 3.09. The minimum atomic E-state index is -0.189. The summed E-state index contributed by atoms with van der Waals surface area (Å²) in [6, 6.07) is 5.84. The van der Waals surface area contributed by atoms with Gasteiger partial charge in [-0.3, -0.25) is 4.79 Å². The SMILES string of the molecule is Cc1c(Br)cccc1C(=O)NC1CCC(O)CC1. The fourth-order valence-corrected chi connectivity index (χ4v) is 2.70. The van der Waals surface area contributed by atoms with Gasteiger partial charge in [-0.2, -0.15) is 0 Å². The molecule has 0 unspecified atom stereocenters. The number of carbonyl (C=O) groups excluding carboxylic acids is 1. The summed E-state index contributed by atoms with van der Waals surface area (Å²) in [5.74, 6) is -0.0183. The van der Waals surface area contributed by atoms with E-state index >= 15 is 0 Å². The van der Waals surface area contributed by atoms with E-state index in [1.54, 1.807) is 0 Å². The van der Waals surface area contributed by atoms with Gasteiger partial charge in [-0.25, -0.2) is 0 Å². The molecule has 0 heterocycles. The van der Waals surface area contributed by atoms with E-state index in [2.05, 4.69) is 21.2 Å². The van der Waals surface area contributed by atoms with E-state index in [-0.39, 0.29) is 18.1 Å². The molecule has 18 heavy (non-hydrogen) atoms. The van der Waals surface area contributed by atoms with Crippen molar-refractivity contribution in [1.29, 1.82) is 0 Å². The minimum absolute atomic E-state index is 0.0183. The molecule has 1 fully saturated rings. The van der Waals surface area contributed by atoms with Gasteiger partial charge in [0.25, 0.3) is 5.91 Å². The Morgan fingerprint density at radius 3 is 2.67 bits per heavy atom. The maximum atomic E-state index is 12.2. The molecular weight excluding hydrogens is 294 g/mol. The van der Waals surface area contributed by atoms with E-state index in [0.29, 0.717) is 0 Å². The highest BCUT2D eigenvalue weighted by molar-refractivity contribution is 9.10. The number of rotatable bonds is 2. The van der Waals surface area contributed by atoms with E-state index in [9.17, 15) is 9.90 Å². The Morgan fingerprint density at radius 1 is 1.33 bits per heavy atom. The highest BCUT2D eigenvalue weighted by Gasteiger charge is 2.21. The van der Waals surface area contributed by atoms with Crippen LogP contribution in [0.4, 0.5) is 0 Å².